The summed E-state index contributed by atoms with van der Waals surface area (Å²) in [4.78, 5) is 0. The van der Waals surface area contributed by atoms with E-state index >= 15 is 0 Å². The maximum atomic E-state index is 6.21. The second kappa shape index (κ2) is 6.51. The van der Waals surface area contributed by atoms with E-state index in [4.69, 9.17) is 23.2 Å². The Morgan fingerprint density at radius 1 is 1.00 bits per heavy atom. The van der Waals surface area contributed by atoms with E-state index in [0.29, 0.717) is 10.9 Å². The first-order valence-corrected chi connectivity index (χ1v) is 7.51. The first-order valence-electron chi connectivity index (χ1n) is 6.75. The minimum absolute atomic E-state index is 0.558. The van der Waals surface area contributed by atoms with Crippen molar-refractivity contribution in [1.82, 2.24) is 0 Å². The molecule has 0 saturated carbocycles. The lowest BCUT2D eigenvalue weighted by atomic mass is 10.0. The molecule has 20 heavy (non-hydrogen) atoms. The summed E-state index contributed by atoms with van der Waals surface area (Å²) in [5, 5.41) is 4.76. The van der Waals surface area contributed by atoms with Crippen LogP contribution in [0.2, 0.25) is 10.0 Å². The second-order valence-electron chi connectivity index (χ2n) is 5.33. The third-order valence-electron chi connectivity index (χ3n) is 3.38. The van der Waals surface area contributed by atoms with Gasteiger partial charge in [-0.05, 0) is 41.7 Å². The van der Waals surface area contributed by atoms with Crippen molar-refractivity contribution in [3.63, 3.8) is 0 Å². The van der Waals surface area contributed by atoms with E-state index in [-0.39, 0.29) is 0 Å². The van der Waals surface area contributed by atoms with E-state index in [9.17, 15) is 0 Å². The molecule has 0 aliphatic carbocycles. The van der Waals surface area contributed by atoms with Gasteiger partial charge in [0.25, 0.3) is 0 Å². The second-order valence-corrected chi connectivity index (χ2v) is 6.15. The van der Waals surface area contributed by atoms with Gasteiger partial charge in [-0.1, -0.05) is 61.3 Å². The maximum absolute atomic E-state index is 6.21. The Morgan fingerprint density at radius 3 is 2.25 bits per heavy atom. The number of aryl methyl sites for hydroxylation is 1. The molecule has 1 N–H and O–H groups in total. The Kier molecular flexibility index (Phi) is 4.95. The van der Waals surface area contributed by atoms with Gasteiger partial charge in [-0.25, -0.2) is 0 Å². The molecule has 2 rings (SSSR count). The van der Waals surface area contributed by atoms with E-state index in [2.05, 4.69) is 43.4 Å². The van der Waals surface area contributed by atoms with E-state index in [1.54, 1.807) is 0 Å². The summed E-state index contributed by atoms with van der Waals surface area (Å²) in [7, 11) is 0. The Balaban J connectivity index is 2.07. The van der Waals surface area contributed by atoms with Gasteiger partial charge in [0, 0.05) is 11.6 Å². The molecule has 0 fully saturated rings. The zero-order valence-electron chi connectivity index (χ0n) is 12.0. The fourth-order valence-electron chi connectivity index (χ4n) is 2.00. The molecule has 0 heterocycles. The molecule has 1 nitrogen and oxygen atoms in total. The standard InChI is InChI=1S/C17H19Cl2N/c1-11(2)14-6-4-13(5-7-14)10-20-17-9-15(18)12(3)8-16(17)19/h4-9,11,20H,10H2,1-3H3. The van der Waals surface area contributed by atoms with Gasteiger partial charge in [-0.3, -0.25) is 0 Å². The van der Waals surface area contributed by atoms with Crippen LogP contribution in [0.4, 0.5) is 5.69 Å². The predicted octanol–water partition coefficient (Wildman–Crippen LogP) is 6.04. The molecule has 0 spiro atoms. The van der Waals surface area contributed by atoms with E-state index in [1.807, 2.05) is 19.1 Å². The molecule has 0 amide bonds. The Bertz CT molecular complexity index is 589. The molecular formula is C17H19Cl2N. The number of halogens is 2. The average Bonchev–Trinajstić information content (AvgIpc) is 2.42. The fourth-order valence-corrected chi connectivity index (χ4v) is 2.45. The molecule has 0 bridgehead atoms. The predicted molar refractivity (Wildman–Crippen MR) is 89.1 cm³/mol. The number of benzene rings is 2. The van der Waals surface area contributed by atoms with Crippen LogP contribution in [-0.4, -0.2) is 0 Å². The van der Waals surface area contributed by atoms with Crippen molar-refractivity contribution in [2.24, 2.45) is 0 Å². The molecule has 2 aromatic carbocycles. The van der Waals surface area contributed by atoms with Gasteiger partial charge in [-0.15, -0.1) is 0 Å². The summed E-state index contributed by atoms with van der Waals surface area (Å²) < 4.78 is 0. The molecule has 0 radical (unpaired) electrons. The van der Waals surface area contributed by atoms with Crippen LogP contribution in [0.15, 0.2) is 36.4 Å². The summed E-state index contributed by atoms with van der Waals surface area (Å²) in [6.07, 6.45) is 0. The van der Waals surface area contributed by atoms with Crippen molar-refractivity contribution in [2.45, 2.75) is 33.2 Å². The summed E-state index contributed by atoms with van der Waals surface area (Å²) >= 11 is 12.3. The number of hydrogen-bond acceptors (Lipinski definition) is 1. The summed E-state index contributed by atoms with van der Waals surface area (Å²) in [6.45, 7) is 7.07. The van der Waals surface area contributed by atoms with Crippen LogP contribution in [-0.2, 0) is 6.54 Å². The molecule has 0 atom stereocenters. The van der Waals surface area contributed by atoms with Crippen LogP contribution in [0, 0.1) is 6.92 Å². The van der Waals surface area contributed by atoms with Crippen LogP contribution >= 0.6 is 23.2 Å². The van der Waals surface area contributed by atoms with Crippen LogP contribution in [0.3, 0.4) is 0 Å². The van der Waals surface area contributed by atoms with Crippen molar-refractivity contribution < 1.29 is 0 Å². The van der Waals surface area contributed by atoms with E-state index in [0.717, 1.165) is 22.8 Å². The Hall–Kier alpha value is -1.18. The zero-order valence-corrected chi connectivity index (χ0v) is 13.5. The lowest BCUT2D eigenvalue weighted by molar-refractivity contribution is 0.865. The topological polar surface area (TPSA) is 12.0 Å². The SMILES string of the molecule is Cc1cc(Cl)c(NCc2ccc(C(C)C)cc2)cc1Cl. The molecule has 0 aliphatic heterocycles. The van der Waals surface area contributed by atoms with Crippen molar-refractivity contribution in [3.05, 3.63) is 63.1 Å². The highest BCUT2D eigenvalue weighted by Gasteiger charge is 2.05. The van der Waals surface area contributed by atoms with Gasteiger partial charge in [0.15, 0.2) is 0 Å². The molecule has 2 aromatic rings. The molecular weight excluding hydrogens is 289 g/mol. The molecule has 106 valence electrons. The highest BCUT2D eigenvalue weighted by molar-refractivity contribution is 6.35. The highest BCUT2D eigenvalue weighted by Crippen LogP contribution is 2.29. The summed E-state index contributed by atoms with van der Waals surface area (Å²) in [5.74, 6) is 0.558. The normalized spacial score (nSPS) is 10.9. The van der Waals surface area contributed by atoms with Crippen LogP contribution < -0.4 is 5.32 Å². The van der Waals surface area contributed by atoms with Gasteiger partial charge in [0.05, 0.1) is 10.7 Å². The Labute approximate surface area is 130 Å². The smallest absolute Gasteiger partial charge is 0.0641 e. The van der Waals surface area contributed by atoms with Gasteiger partial charge in [0.2, 0.25) is 0 Å². The third-order valence-corrected chi connectivity index (χ3v) is 4.10. The molecule has 3 heteroatoms. The molecule has 0 aromatic heterocycles. The monoisotopic (exact) mass is 307 g/mol. The lowest BCUT2D eigenvalue weighted by Crippen LogP contribution is -2.00. The minimum atomic E-state index is 0.558. The quantitative estimate of drug-likeness (QED) is 0.726. The third kappa shape index (κ3) is 3.68. The fraction of sp³-hybridized carbons (Fsp3) is 0.294. The highest BCUT2D eigenvalue weighted by atomic mass is 35.5. The summed E-state index contributed by atoms with van der Waals surface area (Å²) in [6, 6.07) is 12.4. The van der Waals surface area contributed by atoms with Crippen molar-refractivity contribution in [2.75, 3.05) is 5.32 Å². The summed E-state index contributed by atoms with van der Waals surface area (Å²) in [5.41, 5.74) is 4.44. The molecule has 0 saturated heterocycles. The number of rotatable bonds is 4. The van der Waals surface area contributed by atoms with Gasteiger partial charge in [-0.2, -0.15) is 0 Å². The lowest BCUT2D eigenvalue weighted by Gasteiger charge is -2.11. The maximum Gasteiger partial charge on any atom is 0.0641 e. The van der Waals surface area contributed by atoms with Crippen LogP contribution in [0.1, 0.15) is 36.5 Å². The van der Waals surface area contributed by atoms with Crippen molar-refractivity contribution in [1.29, 1.82) is 0 Å². The molecule has 0 unspecified atom stereocenters. The van der Waals surface area contributed by atoms with Crippen molar-refractivity contribution >= 4 is 28.9 Å². The zero-order chi connectivity index (χ0) is 14.7. The first kappa shape index (κ1) is 15.2. The van der Waals surface area contributed by atoms with Gasteiger partial charge in [0.1, 0.15) is 0 Å². The number of anilines is 1. The van der Waals surface area contributed by atoms with Gasteiger partial charge >= 0.3 is 0 Å². The number of hydrogen-bond donors (Lipinski definition) is 1. The molecule has 0 aliphatic rings. The van der Waals surface area contributed by atoms with E-state index in [1.165, 1.54) is 11.1 Å². The van der Waals surface area contributed by atoms with E-state index < -0.39 is 0 Å². The van der Waals surface area contributed by atoms with Crippen molar-refractivity contribution in [3.8, 4) is 0 Å². The minimum Gasteiger partial charge on any atom is -0.380 e. The van der Waals surface area contributed by atoms with Crippen LogP contribution in [0.5, 0.6) is 0 Å². The van der Waals surface area contributed by atoms with Gasteiger partial charge < -0.3 is 5.32 Å². The largest absolute Gasteiger partial charge is 0.380 e. The average molecular weight is 308 g/mol. The van der Waals surface area contributed by atoms with Crippen LogP contribution in [0.25, 0.3) is 0 Å². The Morgan fingerprint density at radius 2 is 1.65 bits per heavy atom. The number of nitrogens with one attached hydrogen (secondary N) is 1. The first-order chi connectivity index (χ1) is 9.47.